The summed E-state index contributed by atoms with van der Waals surface area (Å²) in [5.74, 6) is -0.436. The molecule has 0 unspecified atom stereocenters. The molecule has 0 saturated carbocycles. The largest absolute Gasteiger partial charge is 0.321 e. The molecular weight excluding hydrogens is 335 g/mol. The first kappa shape index (κ1) is 17.6. The van der Waals surface area contributed by atoms with Crippen LogP contribution in [-0.2, 0) is 6.42 Å². The predicted octanol–water partition coefficient (Wildman–Crippen LogP) is 4.71. The molecule has 3 aromatic rings. The lowest BCUT2D eigenvalue weighted by atomic mass is 10.1. The molecule has 5 heteroatoms. The first-order chi connectivity index (χ1) is 11.9. The quantitative estimate of drug-likeness (QED) is 0.718. The van der Waals surface area contributed by atoms with Gasteiger partial charge in [0.15, 0.2) is 0 Å². The summed E-state index contributed by atoms with van der Waals surface area (Å²) in [6, 6.07) is 12.5. The minimum Gasteiger partial charge on any atom is -0.321 e. The highest BCUT2D eigenvalue weighted by Crippen LogP contribution is 2.31. The Hall–Kier alpha value is -2.24. The van der Waals surface area contributed by atoms with Gasteiger partial charge in [-0.25, -0.2) is 4.39 Å². The van der Waals surface area contributed by atoms with Crippen molar-refractivity contribution in [1.82, 2.24) is 4.90 Å². The van der Waals surface area contributed by atoms with Crippen molar-refractivity contribution in [3.8, 4) is 0 Å². The first-order valence-electron chi connectivity index (χ1n) is 8.17. The van der Waals surface area contributed by atoms with Crippen LogP contribution < -0.4 is 5.32 Å². The highest BCUT2D eigenvalue weighted by Gasteiger charge is 2.16. The normalized spacial score (nSPS) is 11.2. The van der Waals surface area contributed by atoms with Crippen molar-refractivity contribution in [2.24, 2.45) is 0 Å². The molecule has 1 aromatic heterocycles. The molecule has 0 saturated heterocycles. The number of nitrogens with zero attached hydrogens (tertiary/aromatic N) is 1. The molecule has 2 aromatic carbocycles. The van der Waals surface area contributed by atoms with Crippen molar-refractivity contribution < 1.29 is 9.18 Å². The Morgan fingerprint density at radius 2 is 1.88 bits per heavy atom. The lowest BCUT2D eigenvalue weighted by molar-refractivity contribution is 0.103. The lowest BCUT2D eigenvalue weighted by Gasteiger charge is -2.10. The third-order valence-corrected chi connectivity index (χ3v) is 5.44. The predicted molar refractivity (Wildman–Crippen MR) is 103 cm³/mol. The van der Waals surface area contributed by atoms with Crippen LogP contribution in [0.15, 0.2) is 42.5 Å². The molecule has 0 bridgehead atoms. The number of fused-ring (bicyclic) bond motifs is 1. The van der Waals surface area contributed by atoms with E-state index < -0.39 is 0 Å². The number of likely N-dealkylation sites (N-methyl/N-ethyl adjacent to an activating group) is 1. The highest BCUT2D eigenvalue weighted by atomic mass is 32.1. The fourth-order valence-corrected chi connectivity index (χ4v) is 3.79. The van der Waals surface area contributed by atoms with E-state index in [4.69, 9.17) is 0 Å². The fraction of sp³-hybridized carbons (Fsp3) is 0.250. The number of thiophene rings is 1. The Morgan fingerprint density at radius 3 is 2.56 bits per heavy atom. The molecule has 0 aliphatic heterocycles. The zero-order chi connectivity index (χ0) is 18.0. The molecule has 3 nitrogen and oxygen atoms in total. The van der Waals surface area contributed by atoms with Gasteiger partial charge in [-0.1, -0.05) is 12.1 Å². The van der Waals surface area contributed by atoms with E-state index in [1.54, 1.807) is 6.07 Å². The fourth-order valence-electron chi connectivity index (χ4n) is 2.71. The third-order valence-electron chi connectivity index (χ3n) is 4.16. The topological polar surface area (TPSA) is 32.3 Å². The third kappa shape index (κ3) is 4.06. The maximum Gasteiger partial charge on any atom is 0.266 e. The van der Waals surface area contributed by atoms with Crippen LogP contribution in [0.3, 0.4) is 0 Å². The van der Waals surface area contributed by atoms with Crippen LogP contribution in [0.5, 0.6) is 0 Å². The summed E-state index contributed by atoms with van der Waals surface area (Å²) < 4.78 is 14.3. The van der Waals surface area contributed by atoms with E-state index in [2.05, 4.69) is 10.2 Å². The van der Waals surface area contributed by atoms with E-state index >= 15 is 0 Å². The second kappa shape index (κ2) is 7.33. The summed E-state index contributed by atoms with van der Waals surface area (Å²) in [6.45, 7) is 2.85. The Morgan fingerprint density at radius 1 is 1.16 bits per heavy atom. The standard InChI is InChI=1S/C20H21FN2OS/c1-13-17-12-15(21)6-9-18(17)25-19(13)20(24)22-16-7-4-14(5-8-16)10-11-23(2)3/h4-9,12H,10-11H2,1-3H3,(H,22,24). The van der Waals surface area contributed by atoms with Crippen molar-refractivity contribution >= 4 is 33.0 Å². The first-order valence-corrected chi connectivity index (χ1v) is 8.99. The van der Waals surface area contributed by atoms with Crippen molar-refractivity contribution in [1.29, 1.82) is 0 Å². The van der Waals surface area contributed by atoms with Crippen LogP contribution in [0.25, 0.3) is 10.1 Å². The summed E-state index contributed by atoms with van der Waals surface area (Å²) in [6.07, 6.45) is 0.974. The van der Waals surface area contributed by atoms with E-state index in [0.29, 0.717) is 4.88 Å². The number of hydrogen-bond donors (Lipinski definition) is 1. The number of halogens is 1. The van der Waals surface area contributed by atoms with Crippen LogP contribution >= 0.6 is 11.3 Å². The maximum absolute atomic E-state index is 13.4. The molecule has 0 aliphatic rings. The number of carbonyl (C=O) groups excluding carboxylic acids is 1. The molecule has 0 aliphatic carbocycles. The zero-order valence-electron chi connectivity index (χ0n) is 14.6. The average molecular weight is 356 g/mol. The SMILES string of the molecule is Cc1c(C(=O)Nc2ccc(CCN(C)C)cc2)sc2ccc(F)cc12. The number of benzene rings is 2. The van der Waals surface area contributed by atoms with Gasteiger partial charge in [-0.15, -0.1) is 11.3 Å². The van der Waals surface area contributed by atoms with Crippen LogP contribution in [-0.4, -0.2) is 31.4 Å². The molecule has 1 heterocycles. The number of rotatable bonds is 5. The highest BCUT2D eigenvalue weighted by molar-refractivity contribution is 7.21. The van der Waals surface area contributed by atoms with Gasteiger partial charge in [-0.05, 0) is 74.3 Å². The van der Waals surface area contributed by atoms with Crippen LogP contribution in [0.2, 0.25) is 0 Å². The number of aryl methyl sites for hydroxylation is 1. The molecule has 130 valence electrons. The maximum atomic E-state index is 13.4. The molecule has 1 N–H and O–H groups in total. The second-order valence-electron chi connectivity index (χ2n) is 6.40. The number of carbonyl (C=O) groups is 1. The molecular formula is C20H21FN2OS. The number of nitrogens with one attached hydrogen (secondary N) is 1. The van der Waals surface area contributed by atoms with Crippen LogP contribution in [0.4, 0.5) is 10.1 Å². The smallest absolute Gasteiger partial charge is 0.266 e. The minimum atomic E-state index is -0.284. The van der Waals surface area contributed by atoms with E-state index in [1.807, 2.05) is 45.3 Å². The van der Waals surface area contributed by atoms with Crippen LogP contribution in [0.1, 0.15) is 20.8 Å². The van der Waals surface area contributed by atoms with Gasteiger partial charge >= 0.3 is 0 Å². The van der Waals surface area contributed by atoms with E-state index in [1.165, 1.54) is 29.0 Å². The number of anilines is 1. The average Bonchev–Trinajstić information content (AvgIpc) is 2.91. The van der Waals surface area contributed by atoms with E-state index in [0.717, 1.165) is 34.3 Å². The summed E-state index contributed by atoms with van der Waals surface area (Å²) >= 11 is 1.39. The molecule has 0 atom stereocenters. The van der Waals surface area contributed by atoms with Gasteiger partial charge in [-0.2, -0.15) is 0 Å². The molecule has 0 fully saturated rings. The second-order valence-corrected chi connectivity index (χ2v) is 7.45. The van der Waals surface area contributed by atoms with Gasteiger partial charge in [0, 0.05) is 16.9 Å². The monoisotopic (exact) mass is 356 g/mol. The Kier molecular flexibility index (Phi) is 5.16. The van der Waals surface area contributed by atoms with Gasteiger partial charge < -0.3 is 10.2 Å². The van der Waals surface area contributed by atoms with Gasteiger partial charge in [0.2, 0.25) is 0 Å². The van der Waals surface area contributed by atoms with Crippen molar-refractivity contribution in [3.05, 3.63) is 64.3 Å². The summed E-state index contributed by atoms with van der Waals surface area (Å²) in [4.78, 5) is 15.4. The summed E-state index contributed by atoms with van der Waals surface area (Å²) in [5, 5.41) is 3.73. The van der Waals surface area contributed by atoms with Gasteiger partial charge in [-0.3, -0.25) is 4.79 Å². The van der Waals surface area contributed by atoms with Gasteiger partial charge in [0.05, 0.1) is 4.88 Å². The molecule has 0 spiro atoms. The Bertz CT molecular complexity index is 900. The molecule has 1 amide bonds. The molecule has 25 heavy (non-hydrogen) atoms. The Labute approximate surface area is 151 Å². The summed E-state index contributed by atoms with van der Waals surface area (Å²) in [5.41, 5.74) is 2.82. The number of hydrogen-bond acceptors (Lipinski definition) is 3. The zero-order valence-corrected chi connectivity index (χ0v) is 15.4. The molecule has 0 radical (unpaired) electrons. The van der Waals surface area contributed by atoms with Gasteiger partial charge in [0.1, 0.15) is 5.82 Å². The lowest BCUT2D eigenvalue weighted by Crippen LogP contribution is -2.15. The van der Waals surface area contributed by atoms with Crippen molar-refractivity contribution in [2.45, 2.75) is 13.3 Å². The minimum absolute atomic E-state index is 0.153. The van der Waals surface area contributed by atoms with Gasteiger partial charge in [0.25, 0.3) is 5.91 Å². The Balaban J connectivity index is 1.75. The van der Waals surface area contributed by atoms with Crippen molar-refractivity contribution in [3.63, 3.8) is 0 Å². The van der Waals surface area contributed by atoms with Crippen LogP contribution in [0, 0.1) is 12.7 Å². The van der Waals surface area contributed by atoms with Crippen molar-refractivity contribution in [2.75, 3.05) is 26.0 Å². The molecule has 3 rings (SSSR count). The summed E-state index contributed by atoms with van der Waals surface area (Å²) in [7, 11) is 4.10. The van der Waals surface area contributed by atoms with E-state index in [-0.39, 0.29) is 11.7 Å². The number of amides is 1. The van der Waals surface area contributed by atoms with E-state index in [9.17, 15) is 9.18 Å².